The van der Waals surface area contributed by atoms with Crippen molar-refractivity contribution in [3.05, 3.63) is 24.3 Å². The summed E-state index contributed by atoms with van der Waals surface area (Å²) in [6.07, 6.45) is 0. The number of anilines is 1. The summed E-state index contributed by atoms with van der Waals surface area (Å²) in [6, 6.07) is 6.79. The van der Waals surface area contributed by atoms with E-state index in [4.69, 9.17) is 10.5 Å². The van der Waals surface area contributed by atoms with Crippen molar-refractivity contribution in [3.63, 3.8) is 0 Å². The first-order chi connectivity index (χ1) is 8.09. The molecule has 7 heteroatoms. The van der Waals surface area contributed by atoms with Crippen LogP contribution in [0, 0.1) is 0 Å². The minimum atomic E-state index is -3.54. The molecule has 0 amide bonds. The largest absolute Gasteiger partial charge is 0.490 e. The molecule has 0 aliphatic heterocycles. The van der Waals surface area contributed by atoms with Crippen molar-refractivity contribution >= 4 is 15.9 Å². The van der Waals surface area contributed by atoms with Gasteiger partial charge in [-0.25, -0.2) is 0 Å². The first kappa shape index (κ1) is 13.8. The molecule has 4 N–H and O–H groups in total. The maximum absolute atomic E-state index is 11.5. The van der Waals surface area contributed by atoms with Gasteiger partial charge in [0.15, 0.2) is 0 Å². The Morgan fingerprint density at radius 3 is 2.71 bits per heavy atom. The van der Waals surface area contributed by atoms with Crippen LogP contribution in [0.25, 0.3) is 0 Å². The van der Waals surface area contributed by atoms with Crippen molar-refractivity contribution in [3.8, 4) is 5.75 Å². The summed E-state index contributed by atoms with van der Waals surface area (Å²) >= 11 is 0. The van der Waals surface area contributed by atoms with Gasteiger partial charge in [-0.1, -0.05) is 19.1 Å². The lowest BCUT2D eigenvalue weighted by Crippen LogP contribution is -2.30. The lowest BCUT2D eigenvalue weighted by Gasteiger charge is -2.12. The molecule has 0 unspecified atom stereocenters. The maximum atomic E-state index is 11.5. The quantitative estimate of drug-likeness (QED) is 0.656. The smallest absolute Gasteiger partial charge is 0.299 e. The van der Waals surface area contributed by atoms with Crippen LogP contribution in [0.3, 0.4) is 0 Å². The van der Waals surface area contributed by atoms with E-state index in [1.54, 1.807) is 31.2 Å². The van der Waals surface area contributed by atoms with E-state index in [1.807, 2.05) is 0 Å². The molecular formula is C10H17N3O3S. The Labute approximate surface area is 101 Å². The van der Waals surface area contributed by atoms with Crippen LogP contribution in [0.15, 0.2) is 24.3 Å². The summed E-state index contributed by atoms with van der Waals surface area (Å²) in [5.41, 5.74) is 5.72. The molecule has 96 valence electrons. The zero-order chi connectivity index (χ0) is 12.7. The predicted octanol–water partition coefficient (Wildman–Crippen LogP) is 0.290. The average molecular weight is 259 g/mol. The molecule has 0 radical (unpaired) electrons. The van der Waals surface area contributed by atoms with Crippen molar-refractivity contribution in [1.82, 2.24) is 4.72 Å². The maximum Gasteiger partial charge on any atom is 0.299 e. The molecule has 0 aliphatic rings. The van der Waals surface area contributed by atoms with Crippen LogP contribution in [0.5, 0.6) is 5.75 Å². The number of hydrogen-bond donors (Lipinski definition) is 3. The fourth-order valence-corrected chi connectivity index (χ4v) is 2.13. The monoisotopic (exact) mass is 259 g/mol. The van der Waals surface area contributed by atoms with E-state index >= 15 is 0 Å². The zero-order valence-electron chi connectivity index (χ0n) is 9.64. The van der Waals surface area contributed by atoms with Crippen molar-refractivity contribution in [1.29, 1.82) is 0 Å². The van der Waals surface area contributed by atoms with Crippen LogP contribution in [-0.2, 0) is 10.2 Å². The van der Waals surface area contributed by atoms with Gasteiger partial charge >= 0.3 is 0 Å². The van der Waals surface area contributed by atoms with Gasteiger partial charge in [-0.15, -0.1) is 0 Å². The molecule has 0 spiro atoms. The normalized spacial score (nSPS) is 11.2. The molecule has 0 aromatic heterocycles. The topological polar surface area (TPSA) is 93.5 Å². The first-order valence-corrected chi connectivity index (χ1v) is 6.76. The Balaban J connectivity index is 2.83. The second kappa shape index (κ2) is 6.43. The number of para-hydroxylation sites is 2. The summed E-state index contributed by atoms with van der Waals surface area (Å²) in [4.78, 5) is 0. The molecule has 0 heterocycles. The Morgan fingerprint density at radius 1 is 1.35 bits per heavy atom. The van der Waals surface area contributed by atoms with Crippen molar-refractivity contribution in [2.75, 3.05) is 24.4 Å². The molecule has 1 aromatic rings. The highest BCUT2D eigenvalue weighted by Gasteiger charge is 2.11. The van der Waals surface area contributed by atoms with E-state index in [9.17, 15) is 8.42 Å². The minimum Gasteiger partial charge on any atom is -0.490 e. The summed E-state index contributed by atoms with van der Waals surface area (Å²) in [5.74, 6) is 0.458. The Kier molecular flexibility index (Phi) is 5.20. The lowest BCUT2D eigenvalue weighted by atomic mass is 10.3. The highest BCUT2D eigenvalue weighted by atomic mass is 32.2. The number of benzene rings is 1. The van der Waals surface area contributed by atoms with Crippen molar-refractivity contribution in [2.24, 2.45) is 5.73 Å². The van der Waals surface area contributed by atoms with Crippen molar-refractivity contribution in [2.45, 2.75) is 6.92 Å². The fourth-order valence-electron chi connectivity index (χ4n) is 1.22. The average Bonchev–Trinajstić information content (AvgIpc) is 2.27. The molecule has 0 aliphatic carbocycles. The standard InChI is InChI=1S/C10H17N3O3S/c1-2-12-17(14,15)13-9-5-3-4-6-10(9)16-8-7-11/h3-6,12-13H,2,7-8,11H2,1H3. The SMILES string of the molecule is CCNS(=O)(=O)Nc1ccccc1OCCN. The van der Waals surface area contributed by atoms with Crippen LogP contribution in [0.4, 0.5) is 5.69 Å². The molecular weight excluding hydrogens is 242 g/mol. The number of ether oxygens (including phenoxy) is 1. The van der Waals surface area contributed by atoms with Gasteiger partial charge in [0.05, 0.1) is 5.69 Å². The molecule has 0 fully saturated rings. The molecule has 1 rings (SSSR count). The summed E-state index contributed by atoms with van der Waals surface area (Å²) in [6.45, 7) is 2.73. The van der Waals surface area contributed by atoms with Crippen LogP contribution >= 0.6 is 0 Å². The Hall–Kier alpha value is -1.31. The second-order valence-corrected chi connectivity index (χ2v) is 4.74. The number of nitrogens with two attached hydrogens (primary N) is 1. The predicted molar refractivity (Wildman–Crippen MR) is 67.2 cm³/mol. The molecule has 0 saturated heterocycles. The van der Waals surface area contributed by atoms with Crippen LogP contribution in [-0.4, -0.2) is 28.1 Å². The van der Waals surface area contributed by atoms with Gasteiger partial charge in [-0.05, 0) is 12.1 Å². The van der Waals surface area contributed by atoms with Crippen molar-refractivity contribution < 1.29 is 13.2 Å². The van der Waals surface area contributed by atoms with Gasteiger partial charge in [-0.2, -0.15) is 13.1 Å². The molecule has 0 atom stereocenters. The van der Waals surface area contributed by atoms with Crippen LogP contribution in [0.1, 0.15) is 6.92 Å². The van der Waals surface area contributed by atoms with E-state index in [-0.39, 0.29) is 0 Å². The Morgan fingerprint density at radius 2 is 2.06 bits per heavy atom. The third kappa shape index (κ3) is 4.59. The third-order valence-electron chi connectivity index (χ3n) is 1.84. The molecule has 17 heavy (non-hydrogen) atoms. The summed E-state index contributed by atoms with van der Waals surface area (Å²) in [5, 5.41) is 0. The van der Waals surface area contributed by atoms with Crippen LogP contribution < -0.4 is 19.9 Å². The highest BCUT2D eigenvalue weighted by Crippen LogP contribution is 2.24. The summed E-state index contributed by atoms with van der Waals surface area (Å²) < 4.78 is 33.1. The second-order valence-electron chi connectivity index (χ2n) is 3.24. The van der Waals surface area contributed by atoms with Gasteiger partial charge in [0, 0.05) is 13.1 Å². The molecule has 0 bridgehead atoms. The third-order valence-corrected chi connectivity index (χ3v) is 3.00. The number of nitrogens with one attached hydrogen (secondary N) is 2. The molecule has 6 nitrogen and oxygen atoms in total. The number of rotatable bonds is 7. The van der Waals surface area contributed by atoms with Gasteiger partial charge in [0.1, 0.15) is 12.4 Å². The van der Waals surface area contributed by atoms with E-state index in [0.717, 1.165) is 0 Å². The summed E-state index contributed by atoms with van der Waals surface area (Å²) in [7, 11) is -3.54. The zero-order valence-corrected chi connectivity index (χ0v) is 10.5. The highest BCUT2D eigenvalue weighted by molar-refractivity contribution is 7.90. The van der Waals surface area contributed by atoms with E-state index in [2.05, 4.69) is 9.44 Å². The number of hydrogen-bond acceptors (Lipinski definition) is 4. The lowest BCUT2D eigenvalue weighted by molar-refractivity contribution is 0.330. The van der Waals surface area contributed by atoms with E-state index < -0.39 is 10.2 Å². The fraction of sp³-hybridized carbons (Fsp3) is 0.400. The van der Waals surface area contributed by atoms with Gasteiger partial charge in [0.2, 0.25) is 0 Å². The van der Waals surface area contributed by atoms with Gasteiger partial charge < -0.3 is 10.5 Å². The van der Waals surface area contributed by atoms with Gasteiger partial charge in [-0.3, -0.25) is 4.72 Å². The van der Waals surface area contributed by atoms with E-state index in [1.165, 1.54) is 0 Å². The minimum absolute atomic E-state index is 0.321. The van der Waals surface area contributed by atoms with E-state index in [0.29, 0.717) is 31.1 Å². The molecule has 1 aromatic carbocycles. The Bertz CT molecular complexity index is 448. The van der Waals surface area contributed by atoms with Crippen LogP contribution in [0.2, 0.25) is 0 Å². The molecule has 0 saturated carbocycles. The first-order valence-electron chi connectivity index (χ1n) is 5.28. The van der Waals surface area contributed by atoms with Gasteiger partial charge in [0.25, 0.3) is 10.2 Å².